The van der Waals surface area contributed by atoms with E-state index in [-0.39, 0.29) is 16.8 Å². The Hall–Kier alpha value is -1.40. The molecule has 1 aromatic carbocycles. The van der Waals surface area contributed by atoms with Gasteiger partial charge in [0.25, 0.3) is 0 Å². The van der Waals surface area contributed by atoms with E-state index in [1.807, 2.05) is 0 Å². The molecule has 1 aliphatic carbocycles. The zero-order valence-corrected chi connectivity index (χ0v) is 14.4. The van der Waals surface area contributed by atoms with Gasteiger partial charge in [-0.2, -0.15) is 0 Å². The van der Waals surface area contributed by atoms with Crippen LogP contribution in [0.25, 0.3) is 0 Å². The third kappa shape index (κ3) is 3.43. The van der Waals surface area contributed by atoms with Crippen molar-refractivity contribution < 1.29 is 13.2 Å². The van der Waals surface area contributed by atoms with Crippen molar-refractivity contribution in [3.8, 4) is 0 Å². The highest BCUT2D eigenvalue weighted by molar-refractivity contribution is 7.89. The number of nitrogens with one attached hydrogen (secondary N) is 2. The van der Waals surface area contributed by atoms with E-state index in [4.69, 9.17) is 0 Å². The Morgan fingerprint density at radius 2 is 1.96 bits per heavy atom. The maximum atomic E-state index is 12.7. The number of anilines is 1. The van der Waals surface area contributed by atoms with Gasteiger partial charge in [-0.1, -0.05) is 26.7 Å². The lowest BCUT2D eigenvalue weighted by atomic mass is 9.78. The lowest BCUT2D eigenvalue weighted by Gasteiger charge is -2.34. The molecule has 1 heterocycles. The average molecular weight is 336 g/mol. The first-order valence-corrected chi connectivity index (χ1v) is 9.80. The molecule has 3 unspecified atom stereocenters. The van der Waals surface area contributed by atoms with Gasteiger partial charge in [0.15, 0.2) is 0 Å². The summed E-state index contributed by atoms with van der Waals surface area (Å²) in [6, 6.07) is 4.95. The summed E-state index contributed by atoms with van der Waals surface area (Å²) in [5, 5.41) is 2.78. The summed E-state index contributed by atoms with van der Waals surface area (Å²) in [5.41, 5.74) is 1.61. The molecule has 23 heavy (non-hydrogen) atoms. The molecule has 0 spiro atoms. The molecule has 0 radical (unpaired) electrons. The second-order valence-corrected chi connectivity index (χ2v) is 8.58. The molecule has 1 fully saturated rings. The molecule has 2 aliphatic rings. The summed E-state index contributed by atoms with van der Waals surface area (Å²) in [7, 11) is -3.53. The number of benzene rings is 1. The summed E-state index contributed by atoms with van der Waals surface area (Å²) < 4.78 is 28.3. The van der Waals surface area contributed by atoms with Crippen LogP contribution in [-0.4, -0.2) is 20.4 Å². The molecule has 0 bridgehead atoms. The highest BCUT2D eigenvalue weighted by atomic mass is 32.2. The van der Waals surface area contributed by atoms with Gasteiger partial charge >= 0.3 is 0 Å². The van der Waals surface area contributed by atoms with Gasteiger partial charge in [0.2, 0.25) is 15.9 Å². The van der Waals surface area contributed by atoms with Crippen LogP contribution in [0.1, 0.15) is 45.1 Å². The fourth-order valence-corrected chi connectivity index (χ4v) is 4.95. The predicted octanol–water partition coefficient (Wildman–Crippen LogP) is 2.67. The number of carbonyl (C=O) groups is 1. The second-order valence-electron chi connectivity index (χ2n) is 6.86. The summed E-state index contributed by atoms with van der Waals surface area (Å²) in [4.78, 5) is 11.7. The number of carbonyl (C=O) groups excluding carboxylic acids is 1. The Bertz CT molecular complexity index is 715. The van der Waals surface area contributed by atoms with Crippen LogP contribution < -0.4 is 10.0 Å². The lowest BCUT2D eigenvalue weighted by molar-refractivity contribution is -0.116. The van der Waals surface area contributed by atoms with Gasteiger partial charge < -0.3 is 5.32 Å². The predicted molar refractivity (Wildman–Crippen MR) is 89.7 cm³/mol. The molecule has 3 atom stereocenters. The van der Waals surface area contributed by atoms with Gasteiger partial charge in [0.1, 0.15) is 0 Å². The monoisotopic (exact) mass is 336 g/mol. The van der Waals surface area contributed by atoms with E-state index in [2.05, 4.69) is 23.9 Å². The molecule has 1 aliphatic heterocycles. The van der Waals surface area contributed by atoms with Gasteiger partial charge in [-0.25, -0.2) is 13.1 Å². The van der Waals surface area contributed by atoms with E-state index in [1.54, 1.807) is 18.2 Å². The molecule has 2 N–H and O–H groups in total. The van der Waals surface area contributed by atoms with E-state index >= 15 is 0 Å². The SMILES string of the molecule is CC1CCCC(NS(=O)(=O)c2ccc3c(c2)CCC(=O)N3)C1C. The maximum absolute atomic E-state index is 12.7. The van der Waals surface area contributed by atoms with Gasteiger partial charge in [-0.05, 0) is 48.4 Å². The number of rotatable bonds is 3. The molecular formula is C17H24N2O3S. The van der Waals surface area contributed by atoms with Crippen molar-refractivity contribution in [1.82, 2.24) is 4.72 Å². The van der Waals surface area contributed by atoms with E-state index in [0.29, 0.717) is 24.7 Å². The summed E-state index contributed by atoms with van der Waals surface area (Å²) >= 11 is 0. The quantitative estimate of drug-likeness (QED) is 0.891. The normalized spacial score (nSPS) is 28.1. The highest BCUT2D eigenvalue weighted by Crippen LogP contribution is 2.31. The number of aryl methyl sites for hydroxylation is 1. The zero-order valence-electron chi connectivity index (χ0n) is 13.6. The number of hydrogen-bond acceptors (Lipinski definition) is 3. The van der Waals surface area contributed by atoms with E-state index in [0.717, 1.165) is 30.5 Å². The average Bonchev–Trinajstić information content (AvgIpc) is 2.51. The van der Waals surface area contributed by atoms with Crippen LogP contribution >= 0.6 is 0 Å². The maximum Gasteiger partial charge on any atom is 0.240 e. The summed E-state index contributed by atoms with van der Waals surface area (Å²) in [6.45, 7) is 4.31. The Morgan fingerprint density at radius 3 is 2.74 bits per heavy atom. The number of amides is 1. The van der Waals surface area contributed by atoms with Crippen molar-refractivity contribution >= 4 is 21.6 Å². The van der Waals surface area contributed by atoms with Crippen LogP contribution in [0.4, 0.5) is 5.69 Å². The first-order chi connectivity index (χ1) is 10.9. The summed E-state index contributed by atoms with van der Waals surface area (Å²) in [6.07, 6.45) is 4.11. The van der Waals surface area contributed by atoms with Gasteiger partial charge in [0.05, 0.1) is 4.90 Å². The van der Waals surface area contributed by atoms with Crippen LogP contribution in [-0.2, 0) is 21.2 Å². The minimum absolute atomic E-state index is 0.000477. The third-order valence-electron chi connectivity index (χ3n) is 5.30. The van der Waals surface area contributed by atoms with Gasteiger partial charge in [-0.15, -0.1) is 0 Å². The fourth-order valence-electron chi connectivity index (χ4n) is 3.54. The zero-order chi connectivity index (χ0) is 16.6. The molecule has 1 saturated carbocycles. The first-order valence-electron chi connectivity index (χ1n) is 8.32. The Labute approximate surface area is 137 Å². The van der Waals surface area contributed by atoms with Crippen molar-refractivity contribution in [2.24, 2.45) is 11.8 Å². The second kappa shape index (κ2) is 6.24. The topological polar surface area (TPSA) is 75.3 Å². The standard InChI is InChI=1S/C17H24N2O3S/c1-11-4-3-5-15(12(11)2)19-23(21,22)14-7-8-16-13(10-14)6-9-17(20)18-16/h7-8,10-12,15,19H,3-6,9H2,1-2H3,(H,18,20). The van der Waals surface area contributed by atoms with Crippen LogP contribution in [0.15, 0.2) is 23.1 Å². The van der Waals surface area contributed by atoms with Gasteiger partial charge in [-0.3, -0.25) is 4.79 Å². The molecule has 126 valence electrons. The van der Waals surface area contributed by atoms with Crippen molar-refractivity contribution in [2.45, 2.75) is 56.9 Å². The van der Waals surface area contributed by atoms with E-state index < -0.39 is 10.0 Å². The van der Waals surface area contributed by atoms with Crippen molar-refractivity contribution in [3.05, 3.63) is 23.8 Å². The minimum Gasteiger partial charge on any atom is -0.326 e. The number of hydrogen-bond donors (Lipinski definition) is 2. The largest absolute Gasteiger partial charge is 0.326 e. The van der Waals surface area contributed by atoms with Crippen LogP contribution in [0.2, 0.25) is 0 Å². The van der Waals surface area contributed by atoms with Crippen molar-refractivity contribution in [1.29, 1.82) is 0 Å². The van der Waals surface area contributed by atoms with E-state index in [9.17, 15) is 13.2 Å². The lowest BCUT2D eigenvalue weighted by Crippen LogP contribution is -2.43. The van der Waals surface area contributed by atoms with Crippen LogP contribution in [0, 0.1) is 11.8 Å². The Balaban J connectivity index is 1.81. The van der Waals surface area contributed by atoms with Crippen molar-refractivity contribution in [3.63, 3.8) is 0 Å². The molecule has 1 amide bonds. The van der Waals surface area contributed by atoms with Gasteiger partial charge in [0, 0.05) is 18.2 Å². The molecule has 1 aromatic rings. The third-order valence-corrected chi connectivity index (χ3v) is 6.78. The van der Waals surface area contributed by atoms with Crippen LogP contribution in [0.3, 0.4) is 0 Å². The Kier molecular flexibility index (Phi) is 4.47. The van der Waals surface area contributed by atoms with Crippen molar-refractivity contribution in [2.75, 3.05) is 5.32 Å². The molecule has 0 saturated heterocycles. The van der Waals surface area contributed by atoms with E-state index in [1.165, 1.54) is 0 Å². The van der Waals surface area contributed by atoms with Crippen LogP contribution in [0.5, 0.6) is 0 Å². The highest BCUT2D eigenvalue weighted by Gasteiger charge is 2.31. The molecule has 3 rings (SSSR count). The molecule has 0 aromatic heterocycles. The molecule has 6 heteroatoms. The smallest absolute Gasteiger partial charge is 0.240 e. The molecule has 5 nitrogen and oxygen atoms in total. The minimum atomic E-state index is -3.53. The molecular weight excluding hydrogens is 312 g/mol. The first kappa shape index (κ1) is 16.5. The Morgan fingerprint density at radius 1 is 1.17 bits per heavy atom. The fraction of sp³-hybridized carbons (Fsp3) is 0.588. The number of fused-ring (bicyclic) bond motifs is 1. The summed E-state index contributed by atoms with van der Waals surface area (Å²) in [5.74, 6) is 0.863. The number of sulfonamides is 1.